The van der Waals surface area contributed by atoms with E-state index in [9.17, 15) is 14.9 Å². The van der Waals surface area contributed by atoms with E-state index in [0.29, 0.717) is 19.6 Å². The fraction of sp³-hybridized carbons (Fsp3) is 0.579. The highest BCUT2D eigenvalue weighted by Crippen LogP contribution is 2.21. The number of ether oxygens (including phenoxy) is 1. The molecule has 9 nitrogen and oxygen atoms in total. The Morgan fingerprint density at radius 2 is 2.03 bits per heavy atom. The van der Waals surface area contributed by atoms with Gasteiger partial charge < -0.3 is 9.64 Å². The number of nitrogens with zero attached hydrogens (tertiary/aromatic N) is 5. The highest BCUT2D eigenvalue weighted by Gasteiger charge is 2.26. The van der Waals surface area contributed by atoms with Crippen molar-refractivity contribution in [1.29, 1.82) is 0 Å². The van der Waals surface area contributed by atoms with Gasteiger partial charge in [0.2, 0.25) is 5.70 Å². The van der Waals surface area contributed by atoms with Crippen LogP contribution in [0.25, 0.3) is 4.96 Å². The van der Waals surface area contributed by atoms with Gasteiger partial charge in [-0.25, -0.2) is 9.78 Å². The molecule has 0 unspecified atom stereocenters. The summed E-state index contributed by atoms with van der Waals surface area (Å²) >= 11 is 1.48. The fourth-order valence-electron chi connectivity index (χ4n) is 3.18. The quantitative estimate of drug-likeness (QED) is 0.544. The van der Waals surface area contributed by atoms with Gasteiger partial charge in [-0.3, -0.25) is 19.4 Å². The molecule has 1 aliphatic heterocycles. The van der Waals surface area contributed by atoms with Crippen molar-refractivity contribution in [3.63, 3.8) is 0 Å². The van der Waals surface area contributed by atoms with E-state index >= 15 is 0 Å². The second-order valence-corrected chi connectivity index (χ2v) is 8.91. The Labute approximate surface area is 173 Å². The minimum absolute atomic E-state index is 0.179. The van der Waals surface area contributed by atoms with Crippen molar-refractivity contribution < 1.29 is 14.5 Å². The number of carbonyl (C=O) groups excluding carboxylic acids is 1. The molecule has 0 aromatic carbocycles. The molecule has 2 aromatic heterocycles. The first-order chi connectivity index (χ1) is 13.7. The number of piperazine rings is 1. The average Bonchev–Trinajstić information content (AvgIpc) is 3.19. The Hall–Kier alpha value is -2.46. The molecule has 0 N–H and O–H groups in total. The standard InChI is InChI=1S/C19H27N5O4S/c1-5-15(24(26)27)10-16-13-29-17-20-14(12-23(16)17)11-21-6-8-22(9-7-21)18(25)28-19(2,3)4/h5,12-13H,6-11H2,1-4H3/b15-5+. The smallest absolute Gasteiger partial charge is 0.410 e. The molecule has 1 amide bonds. The van der Waals surface area contributed by atoms with Crippen molar-refractivity contribution >= 4 is 22.4 Å². The Balaban J connectivity index is 1.59. The second kappa shape index (κ2) is 8.50. The zero-order chi connectivity index (χ0) is 21.2. The second-order valence-electron chi connectivity index (χ2n) is 8.07. The molecule has 0 spiro atoms. The van der Waals surface area contributed by atoms with Gasteiger partial charge in [-0.1, -0.05) is 0 Å². The van der Waals surface area contributed by atoms with Crippen LogP contribution in [0.5, 0.6) is 0 Å². The summed E-state index contributed by atoms with van der Waals surface area (Å²) < 4.78 is 7.37. The van der Waals surface area contributed by atoms with Gasteiger partial charge in [-0.05, 0) is 33.8 Å². The maximum Gasteiger partial charge on any atom is 0.410 e. The summed E-state index contributed by atoms with van der Waals surface area (Å²) in [6.45, 7) is 10.7. The highest BCUT2D eigenvalue weighted by atomic mass is 32.1. The first-order valence-electron chi connectivity index (χ1n) is 9.60. The summed E-state index contributed by atoms with van der Waals surface area (Å²) in [5, 5.41) is 13.0. The van der Waals surface area contributed by atoms with Crippen LogP contribution in [0.3, 0.4) is 0 Å². The van der Waals surface area contributed by atoms with Crippen molar-refractivity contribution in [2.24, 2.45) is 0 Å². The molecule has 0 bridgehead atoms. The lowest BCUT2D eigenvalue weighted by molar-refractivity contribution is -0.427. The van der Waals surface area contributed by atoms with E-state index in [-0.39, 0.29) is 23.1 Å². The van der Waals surface area contributed by atoms with Crippen molar-refractivity contribution in [1.82, 2.24) is 19.2 Å². The van der Waals surface area contributed by atoms with Gasteiger partial charge in [0.25, 0.3) is 0 Å². The van der Waals surface area contributed by atoms with Crippen LogP contribution < -0.4 is 0 Å². The molecule has 1 aliphatic rings. The number of thiazole rings is 1. The number of carbonyl (C=O) groups is 1. The predicted molar refractivity (Wildman–Crippen MR) is 111 cm³/mol. The van der Waals surface area contributed by atoms with Gasteiger partial charge in [-0.15, -0.1) is 11.3 Å². The molecule has 3 rings (SSSR count). The lowest BCUT2D eigenvalue weighted by Gasteiger charge is -2.35. The molecule has 3 heterocycles. The number of rotatable bonds is 5. The van der Waals surface area contributed by atoms with Crippen molar-refractivity contribution in [3.05, 3.63) is 44.9 Å². The number of aromatic nitrogens is 2. The molecule has 2 aromatic rings. The van der Waals surface area contributed by atoms with E-state index in [4.69, 9.17) is 4.74 Å². The number of imidazole rings is 1. The van der Waals surface area contributed by atoms with E-state index in [1.165, 1.54) is 17.4 Å². The van der Waals surface area contributed by atoms with Crippen LogP contribution in [-0.4, -0.2) is 62.0 Å². The van der Waals surface area contributed by atoms with Crippen LogP contribution >= 0.6 is 11.3 Å². The number of allylic oxidation sites excluding steroid dienone is 2. The Morgan fingerprint density at radius 3 is 2.62 bits per heavy atom. The topological polar surface area (TPSA) is 93.2 Å². The number of hydrogen-bond acceptors (Lipinski definition) is 7. The Bertz CT molecular complexity index is 919. The van der Waals surface area contributed by atoms with Crippen LogP contribution in [0.4, 0.5) is 4.79 Å². The van der Waals surface area contributed by atoms with E-state index in [1.807, 2.05) is 36.7 Å². The largest absolute Gasteiger partial charge is 0.444 e. The number of hydrogen-bond donors (Lipinski definition) is 0. The van der Waals surface area contributed by atoms with Crippen molar-refractivity contribution in [2.75, 3.05) is 26.2 Å². The molecule has 10 heteroatoms. The maximum atomic E-state index is 12.2. The summed E-state index contributed by atoms with van der Waals surface area (Å²) in [6.07, 6.45) is 3.49. The summed E-state index contributed by atoms with van der Waals surface area (Å²) in [5.41, 5.74) is 1.48. The van der Waals surface area contributed by atoms with E-state index in [0.717, 1.165) is 29.4 Å². The van der Waals surface area contributed by atoms with Gasteiger partial charge in [-0.2, -0.15) is 0 Å². The molecule has 1 fully saturated rings. The Kier molecular flexibility index (Phi) is 6.23. The number of amides is 1. The third-order valence-corrected chi connectivity index (χ3v) is 5.56. The molecular formula is C19H27N5O4S. The average molecular weight is 422 g/mol. The van der Waals surface area contributed by atoms with E-state index < -0.39 is 5.60 Å². The summed E-state index contributed by atoms with van der Waals surface area (Å²) in [5.74, 6) is 0. The predicted octanol–water partition coefficient (Wildman–Crippen LogP) is 3.17. The van der Waals surface area contributed by atoms with Gasteiger partial charge in [0.05, 0.1) is 17.0 Å². The Morgan fingerprint density at radius 1 is 1.34 bits per heavy atom. The van der Waals surface area contributed by atoms with Gasteiger partial charge in [0, 0.05) is 50.0 Å². The lowest BCUT2D eigenvalue weighted by atomic mass is 10.2. The fourth-order valence-corrected chi connectivity index (χ4v) is 4.07. The van der Waals surface area contributed by atoms with E-state index in [1.54, 1.807) is 11.8 Å². The number of fused-ring (bicyclic) bond motifs is 1. The van der Waals surface area contributed by atoms with Gasteiger partial charge in [0.15, 0.2) is 4.96 Å². The molecule has 158 valence electrons. The molecule has 0 atom stereocenters. The minimum Gasteiger partial charge on any atom is -0.444 e. The summed E-state index contributed by atoms with van der Waals surface area (Å²) in [4.78, 5) is 32.4. The van der Waals surface area contributed by atoms with Crippen LogP contribution in [0.1, 0.15) is 39.1 Å². The molecular weight excluding hydrogens is 394 g/mol. The summed E-state index contributed by atoms with van der Waals surface area (Å²) in [7, 11) is 0. The van der Waals surface area contributed by atoms with Crippen molar-refractivity contribution in [3.8, 4) is 0 Å². The lowest BCUT2D eigenvalue weighted by Crippen LogP contribution is -2.49. The third kappa shape index (κ3) is 5.33. The zero-order valence-electron chi connectivity index (χ0n) is 17.3. The van der Waals surface area contributed by atoms with Crippen LogP contribution in [-0.2, 0) is 17.7 Å². The van der Waals surface area contributed by atoms with E-state index in [2.05, 4.69) is 9.88 Å². The molecule has 0 saturated carbocycles. The number of nitro groups is 1. The minimum atomic E-state index is -0.490. The first kappa shape index (κ1) is 21.3. The molecule has 0 aliphatic carbocycles. The molecule has 0 radical (unpaired) electrons. The normalized spacial score (nSPS) is 16.4. The molecule has 29 heavy (non-hydrogen) atoms. The van der Waals surface area contributed by atoms with Crippen molar-refractivity contribution in [2.45, 2.75) is 46.3 Å². The first-order valence-corrected chi connectivity index (χ1v) is 10.5. The summed E-state index contributed by atoms with van der Waals surface area (Å²) in [6, 6.07) is 0. The maximum absolute atomic E-state index is 12.2. The third-order valence-electron chi connectivity index (χ3n) is 4.67. The molecule has 1 saturated heterocycles. The highest BCUT2D eigenvalue weighted by molar-refractivity contribution is 7.15. The van der Waals surface area contributed by atoms with Gasteiger partial charge in [0.1, 0.15) is 5.60 Å². The monoisotopic (exact) mass is 421 g/mol. The SMILES string of the molecule is C/C=C(\Cc1csc2nc(CN3CCN(C(=O)OC(C)(C)C)CC3)cn12)[N+](=O)[O-]. The van der Waals surface area contributed by atoms with Crippen LogP contribution in [0.15, 0.2) is 23.3 Å². The van der Waals surface area contributed by atoms with Crippen LogP contribution in [0, 0.1) is 10.1 Å². The zero-order valence-corrected chi connectivity index (χ0v) is 18.1. The van der Waals surface area contributed by atoms with Gasteiger partial charge >= 0.3 is 6.09 Å². The van der Waals surface area contributed by atoms with Crippen LogP contribution in [0.2, 0.25) is 0 Å².